The molecule has 1 atom stereocenters. The number of amides is 1. The molecule has 1 unspecified atom stereocenters. The van der Waals surface area contributed by atoms with Gasteiger partial charge in [0.25, 0.3) is 0 Å². The van der Waals surface area contributed by atoms with E-state index in [2.05, 4.69) is 4.36 Å². The van der Waals surface area contributed by atoms with Gasteiger partial charge in [0, 0.05) is 6.42 Å². The van der Waals surface area contributed by atoms with Gasteiger partial charge in [-0.1, -0.05) is 0 Å². The van der Waals surface area contributed by atoms with Crippen molar-refractivity contribution in [3.8, 4) is 0 Å². The van der Waals surface area contributed by atoms with Gasteiger partial charge in [-0.2, -0.15) is 12.8 Å². The standard InChI is InChI=1S/C5H8N2O5S/c6-4(8)2-1-3(5(9)10)7-13(11)12/h3H,1-2H2,(H2,6,8)(H,9,10). The Hall–Kier alpha value is -1.44. The van der Waals surface area contributed by atoms with E-state index in [1.807, 2.05) is 0 Å². The van der Waals surface area contributed by atoms with Crippen LogP contribution in [0.1, 0.15) is 12.8 Å². The first-order valence-corrected chi connectivity index (χ1v) is 4.28. The summed E-state index contributed by atoms with van der Waals surface area (Å²) in [5.41, 5.74) is 4.74. The van der Waals surface area contributed by atoms with Crippen LogP contribution in [0, 0.1) is 0 Å². The van der Waals surface area contributed by atoms with Gasteiger partial charge in [0.15, 0.2) is 6.04 Å². The van der Waals surface area contributed by atoms with Crippen LogP contribution in [0.3, 0.4) is 0 Å². The number of hydrogen-bond donors (Lipinski definition) is 2. The molecule has 0 saturated heterocycles. The second kappa shape index (κ2) is 5.25. The van der Waals surface area contributed by atoms with Crippen molar-refractivity contribution < 1.29 is 23.1 Å². The number of aliphatic carboxylic acids is 1. The van der Waals surface area contributed by atoms with Crippen LogP contribution in [0.4, 0.5) is 0 Å². The predicted octanol–water partition coefficient (Wildman–Crippen LogP) is -1.23. The average molecular weight is 208 g/mol. The summed E-state index contributed by atoms with van der Waals surface area (Å²) in [5, 5.41) is 8.42. The molecule has 0 radical (unpaired) electrons. The molecule has 0 aliphatic rings. The Morgan fingerprint density at radius 1 is 1.46 bits per heavy atom. The Morgan fingerprint density at radius 2 is 2.00 bits per heavy atom. The zero-order valence-electron chi connectivity index (χ0n) is 6.50. The third kappa shape index (κ3) is 5.79. The number of carboxylic acid groups (broad SMARTS) is 1. The summed E-state index contributed by atoms with van der Waals surface area (Å²) in [7, 11) is -2.79. The van der Waals surface area contributed by atoms with Crippen molar-refractivity contribution in [3.05, 3.63) is 0 Å². The molecular weight excluding hydrogens is 200 g/mol. The van der Waals surface area contributed by atoms with E-state index in [4.69, 9.17) is 10.8 Å². The smallest absolute Gasteiger partial charge is 0.329 e. The van der Waals surface area contributed by atoms with E-state index in [0.29, 0.717) is 0 Å². The zero-order valence-corrected chi connectivity index (χ0v) is 7.32. The number of nitrogens with two attached hydrogens (primary N) is 1. The Bertz CT molecular complexity index is 325. The van der Waals surface area contributed by atoms with E-state index >= 15 is 0 Å². The van der Waals surface area contributed by atoms with Crippen molar-refractivity contribution in [2.75, 3.05) is 0 Å². The topological polar surface area (TPSA) is 127 Å². The lowest BCUT2D eigenvalue weighted by atomic mass is 10.2. The highest BCUT2D eigenvalue weighted by molar-refractivity contribution is 7.61. The number of hydrogen-bond acceptors (Lipinski definition) is 5. The van der Waals surface area contributed by atoms with Crippen LogP contribution in [-0.2, 0) is 20.1 Å². The van der Waals surface area contributed by atoms with Crippen LogP contribution in [-0.4, -0.2) is 31.4 Å². The lowest BCUT2D eigenvalue weighted by Crippen LogP contribution is -2.21. The molecule has 0 aromatic heterocycles. The van der Waals surface area contributed by atoms with Gasteiger partial charge >= 0.3 is 16.5 Å². The number of carbonyl (C=O) groups excluding carboxylic acids is 1. The molecule has 0 bridgehead atoms. The van der Waals surface area contributed by atoms with Crippen molar-refractivity contribution in [3.63, 3.8) is 0 Å². The number of carboxylic acids is 1. The van der Waals surface area contributed by atoms with E-state index in [9.17, 15) is 18.0 Å². The molecule has 0 aromatic carbocycles. The Kier molecular flexibility index (Phi) is 4.67. The first kappa shape index (κ1) is 11.6. The van der Waals surface area contributed by atoms with Crippen LogP contribution in [0.2, 0.25) is 0 Å². The molecule has 0 spiro atoms. The van der Waals surface area contributed by atoms with Crippen molar-refractivity contribution in [1.82, 2.24) is 0 Å². The third-order valence-electron chi connectivity index (χ3n) is 1.16. The summed E-state index contributed by atoms with van der Waals surface area (Å²) in [6.07, 6.45) is -0.420. The number of rotatable bonds is 5. The summed E-state index contributed by atoms with van der Waals surface area (Å²) in [4.78, 5) is 20.6. The zero-order chi connectivity index (χ0) is 10.4. The molecule has 3 N–H and O–H groups in total. The van der Waals surface area contributed by atoms with Crippen molar-refractivity contribution in [1.29, 1.82) is 0 Å². The molecule has 1 amide bonds. The quantitative estimate of drug-likeness (QED) is 0.584. The third-order valence-corrected chi connectivity index (χ3v) is 1.59. The van der Waals surface area contributed by atoms with Crippen LogP contribution in [0.15, 0.2) is 4.36 Å². The second-order valence-corrected chi connectivity index (χ2v) is 2.83. The van der Waals surface area contributed by atoms with E-state index in [-0.39, 0.29) is 12.8 Å². The molecule has 0 rings (SSSR count). The summed E-state index contributed by atoms with van der Waals surface area (Å²) < 4.78 is 22.9. The van der Waals surface area contributed by atoms with Gasteiger partial charge in [0.05, 0.1) is 0 Å². The minimum atomic E-state index is -2.79. The van der Waals surface area contributed by atoms with Gasteiger partial charge < -0.3 is 10.8 Å². The summed E-state index contributed by atoms with van der Waals surface area (Å²) >= 11 is 0. The van der Waals surface area contributed by atoms with E-state index in [1.54, 1.807) is 0 Å². The number of primary amides is 1. The maximum atomic E-state index is 10.3. The van der Waals surface area contributed by atoms with Gasteiger partial charge in [0.1, 0.15) is 0 Å². The van der Waals surface area contributed by atoms with Crippen molar-refractivity contribution in [2.24, 2.45) is 10.1 Å². The van der Waals surface area contributed by atoms with E-state index in [0.717, 1.165) is 0 Å². The average Bonchev–Trinajstić information content (AvgIpc) is 1.96. The molecule has 0 aliphatic heterocycles. The summed E-state index contributed by atoms with van der Waals surface area (Å²) in [6.45, 7) is 0. The number of nitrogens with zero attached hydrogens (tertiary/aromatic N) is 1. The van der Waals surface area contributed by atoms with E-state index in [1.165, 1.54) is 0 Å². The predicted molar refractivity (Wildman–Crippen MR) is 41.2 cm³/mol. The van der Waals surface area contributed by atoms with Crippen LogP contribution < -0.4 is 5.73 Å². The second-order valence-electron chi connectivity index (χ2n) is 2.18. The van der Waals surface area contributed by atoms with Crippen LogP contribution in [0.25, 0.3) is 0 Å². The fourth-order valence-electron chi connectivity index (χ4n) is 0.604. The van der Waals surface area contributed by atoms with Gasteiger partial charge in [-0.3, -0.25) is 4.79 Å². The maximum absolute atomic E-state index is 10.3. The molecule has 0 fully saturated rings. The van der Waals surface area contributed by atoms with Gasteiger partial charge in [0.2, 0.25) is 5.91 Å². The first-order valence-electron chi connectivity index (χ1n) is 3.25. The molecule has 0 aromatic rings. The highest BCUT2D eigenvalue weighted by Crippen LogP contribution is 2.01. The Balaban J connectivity index is 4.37. The normalized spacial score (nSPS) is 11.7. The fraction of sp³-hybridized carbons (Fsp3) is 0.600. The lowest BCUT2D eigenvalue weighted by molar-refractivity contribution is -0.138. The lowest BCUT2D eigenvalue weighted by Gasteiger charge is -2.01. The molecule has 7 nitrogen and oxygen atoms in total. The Morgan fingerprint density at radius 3 is 2.31 bits per heavy atom. The number of carbonyl (C=O) groups is 2. The summed E-state index contributed by atoms with van der Waals surface area (Å²) in [6, 6.07) is -1.43. The van der Waals surface area contributed by atoms with Gasteiger partial charge in [-0.15, -0.1) is 0 Å². The fourth-order valence-corrected chi connectivity index (χ4v) is 1.01. The van der Waals surface area contributed by atoms with Gasteiger partial charge in [-0.25, -0.2) is 4.79 Å². The minimum Gasteiger partial charge on any atom is -0.480 e. The van der Waals surface area contributed by atoms with Gasteiger partial charge in [-0.05, 0) is 6.42 Å². The Labute approximate surface area is 75.2 Å². The SMILES string of the molecule is NC(=O)CCC(N=S(=O)=O)C(=O)O. The largest absolute Gasteiger partial charge is 0.480 e. The maximum Gasteiger partial charge on any atom is 0.329 e. The monoisotopic (exact) mass is 208 g/mol. The molecule has 74 valence electrons. The molecule has 8 heteroatoms. The van der Waals surface area contributed by atoms with Crippen molar-refractivity contribution >= 4 is 22.4 Å². The van der Waals surface area contributed by atoms with Crippen molar-refractivity contribution in [2.45, 2.75) is 18.9 Å². The molecular formula is C5H8N2O5S. The molecule has 13 heavy (non-hydrogen) atoms. The highest BCUT2D eigenvalue weighted by atomic mass is 32.2. The molecule has 0 heterocycles. The first-order chi connectivity index (χ1) is 5.93. The summed E-state index contributed by atoms with van der Waals surface area (Å²) in [5.74, 6) is -2.09. The van der Waals surface area contributed by atoms with E-state index < -0.39 is 28.4 Å². The molecule has 0 saturated carbocycles. The van der Waals surface area contributed by atoms with Crippen LogP contribution in [0.5, 0.6) is 0 Å². The van der Waals surface area contributed by atoms with Crippen LogP contribution >= 0.6 is 0 Å². The molecule has 0 aliphatic carbocycles. The highest BCUT2D eigenvalue weighted by Gasteiger charge is 2.17. The minimum absolute atomic E-state index is 0.210.